The maximum Gasteiger partial charge on any atom is 0.274 e. The Morgan fingerprint density at radius 1 is 1.38 bits per heavy atom. The smallest absolute Gasteiger partial charge is 0.274 e. The molecule has 0 aliphatic carbocycles. The van der Waals surface area contributed by atoms with Crippen LogP contribution in [0, 0.1) is 6.92 Å². The van der Waals surface area contributed by atoms with Crippen LogP contribution >= 0.6 is 0 Å². The molecule has 0 aliphatic heterocycles. The third-order valence-corrected chi connectivity index (χ3v) is 2.77. The van der Waals surface area contributed by atoms with Gasteiger partial charge in [0.25, 0.3) is 5.56 Å². The van der Waals surface area contributed by atoms with Gasteiger partial charge in [0.15, 0.2) is 0 Å². The van der Waals surface area contributed by atoms with Crippen LogP contribution < -0.4 is 11.3 Å². The Balaban J connectivity index is 2.81. The van der Waals surface area contributed by atoms with Crippen molar-refractivity contribution in [2.24, 2.45) is 5.73 Å². The van der Waals surface area contributed by atoms with Crippen LogP contribution in [-0.2, 0) is 0 Å². The zero-order valence-corrected chi connectivity index (χ0v) is 9.47. The summed E-state index contributed by atoms with van der Waals surface area (Å²) in [7, 11) is 0. The standard InChI is InChI=1S/C12H15N3O/c1-8(7-13)15-12(16)11-6-4-3-5-10(11)9(2)14-15/h3-6,8H,7,13H2,1-2H3. The Labute approximate surface area is 93.7 Å². The summed E-state index contributed by atoms with van der Waals surface area (Å²) in [5.74, 6) is 0. The van der Waals surface area contributed by atoms with Gasteiger partial charge in [-0.25, -0.2) is 4.68 Å². The van der Waals surface area contributed by atoms with Crippen LogP contribution in [0.25, 0.3) is 10.8 Å². The van der Waals surface area contributed by atoms with E-state index in [9.17, 15) is 4.79 Å². The van der Waals surface area contributed by atoms with Gasteiger partial charge in [-0.3, -0.25) is 4.79 Å². The molecule has 2 rings (SSSR count). The highest BCUT2D eigenvalue weighted by atomic mass is 16.1. The molecule has 0 bridgehead atoms. The van der Waals surface area contributed by atoms with Gasteiger partial charge in [0.2, 0.25) is 0 Å². The Morgan fingerprint density at radius 2 is 2.00 bits per heavy atom. The van der Waals surface area contributed by atoms with Crippen LogP contribution in [0.1, 0.15) is 18.7 Å². The fourth-order valence-electron chi connectivity index (χ4n) is 1.77. The summed E-state index contributed by atoms with van der Waals surface area (Å²) in [4.78, 5) is 12.1. The highest BCUT2D eigenvalue weighted by Gasteiger charge is 2.10. The second kappa shape index (κ2) is 4.06. The first-order chi connectivity index (χ1) is 7.65. The van der Waals surface area contributed by atoms with Crippen molar-refractivity contribution >= 4 is 10.8 Å². The van der Waals surface area contributed by atoms with Gasteiger partial charge >= 0.3 is 0 Å². The lowest BCUT2D eigenvalue weighted by Gasteiger charge is -2.13. The van der Waals surface area contributed by atoms with Crippen LogP contribution in [0.3, 0.4) is 0 Å². The minimum Gasteiger partial charge on any atom is -0.328 e. The first-order valence-corrected chi connectivity index (χ1v) is 5.33. The molecule has 1 aromatic heterocycles. The topological polar surface area (TPSA) is 60.9 Å². The number of fused-ring (bicyclic) bond motifs is 1. The number of nitrogens with zero attached hydrogens (tertiary/aromatic N) is 2. The van der Waals surface area contributed by atoms with Crippen molar-refractivity contribution in [3.05, 3.63) is 40.3 Å². The van der Waals surface area contributed by atoms with E-state index in [0.717, 1.165) is 11.1 Å². The van der Waals surface area contributed by atoms with Gasteiger partial charge in [-0.15, -0.1) is 0 Å². The molecule has 1 aromatic carbocycles. The maximum absolute atomic E-state index is 12.1. The number of benzene rings is 1. The lowest BCUT2D eigenvalue weighted by molar-refractivity contribution is 0.475. The number of aryl methyl sites for hydroxylation is 1. The Kier molecular flexibility index (Phi) is 2.75. The summed E-state index contributed by atoms with van der Waals surface area (Å²) >= 11 is 0. The molecule has 0 aliphatic rings. The van der Waals surface area contributed by atoms with E-state index in [1.165, 1.54) is 4.68 Å². The molecule has 0 radical (unpaired) electrons. The average Bonchev–Trinajstić information content (AvgIpc) is 2.33. The molecule has 0 spiro atoms. The average molecular weight is 217 g/mol. The van der Waals surface area contributed by atoms with E-state index in [4.69, 9.17) is 5.73 Å². The van der Waals surface area contributed by atoms with E-state index in [2.05, 4.69) is 5.10 Å². The number of hydrogen-bond donors (Lipinski definition) is 1. The first-order valence-electron chi connectivity index (χ1n) is 5.33. The Morgan fingerprint density at radius 3 is 2.62 bits per heavy atom. The van der Waals surface area contributed by atoms with Gasteiger partial charge in [-0.1, -0.05) is 18.2 Å². The fraction of sp³-hybridized carbons (Fsp3) is 0.333. The number of aromatic nitrogens is 2. The van der Waals surface area contributed by atoms with E-state index >= 15 is 0 Å². The molecule has 4 nitrogen and oxygen atoms in total. The van der Waals surface area contributed by atoms with Crippen molar-refractivity contribution in [3.8, 4) is 0 Å². The van der Waals surface area contributed by atoms with E-state index < -0.39 is 0 Å². The summed E-state index contributed by atoms with van der Waals surface area (Å²) in [5.41, 5.74) is 6.35. The van der Waals surface area contributed by atoms with Crippen molar-refractivity contribution in [1.29, 1.82) is 0 Å². The van der Waals surface area contributed by atoms with Gasteiger partial charge < -0.3 is 5.73 Å². The predicted octanol–water partition coefficient (Wildman–Crippen LogP) is 1.22. The maximum atomic E-state index is 12.1. The van der Waals surface area contributed by atoms with Crippen LogP contribution in [0.5, 0.6) is 0 Å². The molecule has 4 heteroatoms. The predicted molar refractivity (Wildman–Crippen MR) is 64.5 cm³/mol. The molecule has 84 valence electrons. The third kappa shape index (κ3) is 1.61. The van der Waals surface area contributed by atoms with Gasteiger partial charge in [-0.2, -0.15) is 5.10 Å². The van der Waals surface area contributed by atoms with Crippen molar-refractivity contribution < 1.29 is 0 Å². The number of hydrogen-bond acceptors (Lipinski definition) is 3. The normalized spacial score (nSPS) is 12.9. The Bertz CT molecular complexity index is 574. The molecule has 2 aromatic rings. The minimum absolute atomic E-state index is 0.0702. The molecule has 0 saturated carbocycles. The van der Waals surface area contributed by atoms with Crippen molar-refractivity contribution in [1.82, 2.24) is 9.78 Å². The lowest BCUT2D eigenvalue weighted by atomic mass is 10.1. The zero-order valence-electron chi connectivity index (χ0n) is 9.47. The molecule has 1 unspecified atom stereocenters. The van der Waals surface area contributed by atoms with Crippen LogP contribution in [0.15, 0.2) is 29.1 Å². The molecule has 0 fully saturated rings. The highest BCUT2D eigenvalue weighted by Crippen LogP contribution is 2.13. The van der Waals surface area contributed by atoms with E-state index in [1.807, 2.05) is 38.1 Å². The molecule has 16 heavy (non-hydrogen) atoms. The summed E-state index contributed by atoms with van der Waals surface area (Å²) in [6, 6.07) is 7.44. The van der Waals surface area contributed by atoms with Gasteiger partial charge in [0, 0.05) is 11.9 Å². The van der Waals surface area contributed by atoms with Crippen LogP contribution in [0.2, 0.25) is 0 Å². The minimum atomic E-state index is -0.0733. The molecule has 0 saturated heterocycles. The van der Waals surface area contributed by atoms with Crippen LogP contribution in [-0.4, -0.2) is 16.3 Å². The summed E-state index contributed by atoms with van der Waals surface area (Å²) in [6.07, 6.45) is 0. The van der Waals surface area contributed by atoms with Gasteiger partial charge in [0.05, 0.1) is 17.1 Å². The van der Waals surface area contributed by atoms with E-state index in [0.29, 0.717) is 11.9 Å². The highest BCUT2D eigenvalue weighted by molar-refractivity contribution is 5.83. The third-order valence-electron chi connectivity index (χ3n) is 2.77. The van der Waals surface area contributed by atoms with E-state index in [1.54, 1.807) is 0 Å². The molecular weight excluding hydrogens is 202 g/mol. The largest absolute Gasteiger partial charge is 0.328 e. The monoisotopic (exact) mass is 217 g/mol. The van der Waals surface area contributed by atoms with Crippen molar-refractivity contribution in [3.63, 3.8) is 0 Å². The number of rotatable bonds is 2. The quantitative estimate of drug-likeness (QED) is 0.822. The molecule has 1 heterocycles. The summed E-state index contributed by atoms with van der Waals surface area (Å²) in [6.45, 7) is 4.20. The SMILES string of the molecule is Cc1nn(C(C)CN)c(=O)c2ccccc12. The lowest BCUT2D eigenvalue weighted by Crippen LogP contribution is -2.30. The second-order valence-electron chi connectivity index (χ2n) is 3.97. The number of nitrogens with two attached hydrogens (primary N) is 1. The first kappa shape index (κ1) is 10.8. The summed E-state index contributed by atoms with van der Waals surface area (Å²) in [5, 5.41) is 5.91. The van der Waals surface area contributed by atoms with Gasteiger partial charge in [0.1, 0.15) is 0 Å². The molecule has 2 N–H and O–H groups in total. The zero-order chi connectivity index (χ0) is 11.7. The summed E-state index contributed by atoms with van der Waals surface area (Å²) < 4.78 is 1.47. The molecule has 1 atom stereocenters. The molecule has 0 amide bonds. The van der Waals surface area contributed by atoms with Crippen molar-refractivity contribution in [2.45, 2.75) is 19.9 Å². The van der Waals surface area contributed by atoms with Gasteiger partial charge in [-0.05, 0) is 19.9 Å². The van der Waals surface area contributed by atoms with E-state index in [-0.39, 0.29) is 11.6 Å². The molecular formula is C12H15N3O. The van der Waals surface area contributed by atoms with Crippen LogP contribution in [0.4, 0.5) is 0 Å². The van der Waals surface area contributed by atoms with Crippen molar-refractivity contribution in [2.75, 3.05) is 6.54 Å². The Hall–Kier alpha value is -1.68. The second-order valence-corrected chi connectivity index (χ2v) is 3.97. The fourth-order valence-corrected chi connectivity index (χ4v) is 1.77.